The molecule has 0 unspecified atom stereocenters. The average molecular weight is 394 g/mol. The molecule has 1 aliphatic heterocycles. The molecular formula is C20H18N4O3S. The predicted octanol–water partition coefficient (Wildman–Crippen LogP) is 3.53. The molecule has 142 valence electrons. The Morgan fingerprint density at radius 3 is 2.43 bits per heavy atom. The van der Waals surface area contributed by atoms with Gasteiger partial charge in [0.15, 0.2) is 5.82 Å². The number of nitrogens with zero attached hydrogens (tertiary/aromatic N) is 3. The van der Waals surface area contributed by atoms with Gasteiger partial charge in [-0.25, -0.2) is 9.48 Å². The van der Waals surface area contributed by atoms with Crippen LogP contribution in [0.3, 0.4) is 0 Å². The van der Waals surface area contributed by atoms with Gasteiger partial charge in [-0.3, -0.25) is 9.69 Å². The number of amides is 2. The molecule has 1 aliphatic rings. The van der Waals surface area contributed by atoms with E-state index < -0.39 is 12.1 Å². The fraction of sp³-hybridized carbons (Fsp3) is 0.150. The minimum Gasteiger partial charge on any atom is -0.465 e. The number of benzene rings is 2. The third-order valence-corrected chi connectivity index (χ3v) is 5.50. The number of rotatable bonds is 4. The minimum absolute atomic E-state index is 0.289. The maximum Gasteiger partial charge on any atom is 0.408 e. The number of hydrogen-bond donors (Lipinski definition) is 2. The van der Waals surface area contributed by atoms with E-state index >= 15 is 0 Å². The van der Waals surface area contributed by atoms with Gasteiger partial charge in [0, 0.05) is 17.5 Å². The topological polar surface area (TPSA) is 87.5 Å². The van der Waals surface area contributed by atoms with Crippen LogP contribution in [0.5, 0.6) is 0 Å². The third kappa shape index (κ3) is 3.59. The first-order valence-electron chi connectivity index (χ1n) is 8.72. The fourth-order valence-corrected chi connectivity index (χ4v) is 4.20. The van der Waals surface area contributed by atoms with Crippen molar-refractivity contribution in [2.75, 3.05) is 16.9 Å². The van der Waals surface area contributed by atoms with Crippen molar-refractivity contribution in [2.45, 2.75) is 6.04 Å². The van der Waals surface area contributed by atoms with Crippen LogP contribution in [0.25, 0.3) is 16.8 Å². The zero-order valence-corrected chi connectivity index (χ0v) is 15.7. The first-order valence-corrected chi connectivity index (χ1v) is 9.87. The molecule has 2 aromatic carbocycles. The summed E-state index contributed by atoms with van der Waals surface area (Å²) in [6, 6.07) is 18.5. The summed E-state index contributed by atoms with van der Waals surface area (Å²) in [4.78, 5) is 25.3. The van der Waals surface area contributed by atoms with Crippen LogP contribution in [0.4, 0.5) is 10.6 Å². The Morgan fingerprint density at radius 1 is 1.07 bits per heavy atom. The first kappa shape index (κ1) is 18.1. The summed E-state index contributed by atoms with van der Waals surface area (Å²) in [6.07, 6.45) is 0.766. The summed E-state index contributed by atoms with van der Waals surface area (Å²) in [5, 5.41) is 16.7. The SMILES string of the molecule is O=C(Nc1nn(-c2ccccc2)cc1-c1ccccc1)[C@H]1CSCN1C(=O)O. The summed E-state index contributed by atoms with van der Waals surface area (Å²) >= 11 is 1.42. The zero-order valence-electron chi connectivity index (χ0n) is 14.9. The van der Waals surface area contributed by atoms with Gasteiger partial charge in [0.2, 0.25) is 5.91 Å². The number of carbonyl (C=O) groups excluding carboxylic acids is 1. The molecule has 8 heteroatoms. The van der Waals surface area contributed by atoms with E-state index in [-0.39, 0.29) is 11.8 Å². The molecule has 2 heterocycles. The summed E-state index contributed by atoms with van der Waals surface area (Å²) in [5.74, 6) is 0.750. The van der Waals surface area contributed by atoms with Crippen molar-refractivity contribution in [2.24, 2.45) is 0 Å². The van der Waals surface area contributed by atoms with Gasteiger partial charge in [0.25, 0.3) is 0 Å². The lowest BCUT2D eigenvalue weighted by Gasteiger charge is -2.19. The second-order valence-corrected chi connectivity index (χ2v) is 7.29. The maximum atomic E-state index is 12.8. The number of hydrogen-bond acceptors (Lipinski definition) is 4. The van der Waals surface area contributed by atoms with Crippen LogP contribution < -0.4 is 5.32 Å². The van der Waals surface area contributed by atoms with Gasteiger partial charge in [-0.1, -0.05) is 48.5 Å². The molecule has 1 aromatic heterocycles. The lowest BCUT2D eigenvalue weighted by molar-refractivity contribution is -0.119. The molecule has 1 atom stereocenters. The van der Waals surface area contributed by atoms with E-state index in [9.17, 15) is 14.7 Å². The highest BCUT2D eigenvalue weighted by Gasteiger charge is 2.35. The van der Waals surface area contributed by atoms with E-state index in [0.717, 1.165) is 21.7 Å². The Labute approximate surface area is 166 Å². The highest BCUT2D eigenvalue weighted by molar-refractivity contribution is 7.99. The Hall–Kier alpha value is -3.26. The number of nitrogens with one attached hydrogen (secondary N) is 1. The number of carbonyl (C=O) groups is 2. The number of thioether (sulfide) groups is 1. The molecule has 7 nitrogen and oxygen atoms in total. The second kappa shape index (κ2) is 7.77. The average Bonchev–Trinajstić information content (AvgIpc) is 3.37. The van der Waals surface area contributed by atoms with Crippen molar-refractivity contribution in [3.05, 3.63) is 66.9 Å². The van der Waals surface area contributed by atoms with Crippen LogP contribution in [0.2, 0.25) is 0 Å². The maximum absolute atomic E-state index is 12.8. The van der Waals surface area contributed by atoms with Crippen LogP contribution in [0.15, 0.2) is 66.9 Å². The Kier molecular flexibility index (Phi) is 5.03. The molecule has 1 saturated heterocycles. The molecule has 28 heavy (non-hydrogen) atoms. The number of carboxylic acid groups (broad SMARTS) is 1. The van der Waals surface area contributed by atoms with E-state index in [1.165, 1.54) is 11.8 Å². The lowest BCUT2D eigenvalue weighted by Crippen LogP contribution is -2.44. The Morgan fingerprint density at radius 2 is 1.75 bits per heavy atom. The Balaban J connectivity index is 1.68. The van der Waals surface area contributed by atoms with Crippen molar-refractivity contribution >= 4 is 29.6 Å². The summed E-state index contributed by atoms with van der Waals surface area (Å²) in [5.41, 5.74) is 2.55. The molecule has 1 fully saturated rings. The van der Waals surface area contributed by atoms with E-state index in [4.69, 9.17) is 0 Å². The summed E-state index contributed by atoms with van der Waals surface area (Å²) in [7, 11) is 0. The predicted molar refractivity (Wildman–Crippen MR) is 109 cm³/mol. The van der Waals surface area contributed by atoms with Crippen molar-refractivity contribution in [3.63, 3.8) is 0 Å². The summed E-state index contributed by atoms with van der Waals surface area (Å²) in [6.45, 7) is 0. The molecule has 2 amide bonds. The van der Waals surface area contributed by atoms with Crippen molar-refractivity contribution in [1.29, 1.82) is 0 Å². The standard InChI is InChI=1S/C20H18N4O3S/c25-19(17-12-28-13-23(17)20(26)27)21-18-16(14-7-3-1-4-8-14)11-24(22-18)15-9-5-2-6-10-15/h1-11,17H,12-13H2,(H,26,27)(H,21,22,25)/t17-/m1/s1. The highest BCUT2D eigenvalue weighted by Crippen LogP contribution is 2.29. The van der Waals surface area contributed by atoms with Gasteiger partial charge in [-0.05, 0) is 17.7 Å². The van der Waals surface area contributed by atoms with E-state index in [0.29, 0.717) is 11.6 Å². The second-order valence-electron chi connectivity index (χ2n) is 6.29. The largest absolute Gasteiger partial charge is 0.465 e. The molecular weight excluding hydrogens is 376 g/mol. The van der Waals surface area contributed by atoms with Gasteiger partial charge in [-0.15, -0.1) is 16.9 Å². The molecule has 0 spiro atoms. The van der Waals surface area contributed by atoms with Crippen LogP contribution in [-0.4, -0.2) is 49.5 Å². The Bertz CT molecular complexity index is 991. The number of anilines is 1. The molecule has 2 N–H and O–H groups in total. The monoisotopic (exact) mass is 394 g/mol. The molecule has 0 saturated carbocycles. The van der Waals surface area contributed by atoms with Crippen molar-refractivity contribution < 1.29 is 14.7 Å². The molecule has 4 rings (SSSR count). The van der Waals surface area contributed by atoms with Gasteiger partial charge in [0.05, 0.1) is 11.6 Å². The van der Waals surface area contributed by atoms with Crippen LogP contribution in [-0.2, 0) is 4.79 Å². The first-order chi connectivity index (χ1) is 13.6. The fourth-order valence-electron chi connectivity index (χ4n) is 3.06. The van der Waals surface area contributed by atoms with Gasteiger partial charge >= 0.3 is 6.09 Å². The van der Waals surface area contributed by atoms with E-state index in [1.807, 2.05) is 66.9 Å². The lowest BCUT2D eigenvalue weighted by atomic mass is 10.1. The number of para-hydroxylation sites is 1. The van der Waals surface area contributed by atoms with Crippen molar-refractivity contribution in [3.8, 4) is 16.8 Å². The highest BCUT2D eigenvalue weighted by atomic mass is 32.2. The van der Waals surface area contributed by atoms with E-state index in [2.05, 4.69) is 10.4 Å². The molecule has 0 radical (unpaired) electrons. The van der Waals surface area contributed by atoms with Crippen LogP contribution in [0.1, 0.15) is 0 Å². The summed E-state index contributed by atoms with van der Waals surface area (Å²) < 4.78 is 1.70. The minimum atomic E-state index is -1.09. The zero-order chi connectivity index (χ0) is 19.5. The quantitative estimate of drug-likeness (QED) is 0.707. The van der Waals surface area contributed by atoms with Crippen molar-refractivity contribution in [1.82, 2.24) is 14.7 Å². The molecule has 3 aromatic rings. The van der Waals surface area contributed by atoms with E-state index in [1.54, 1.807) is 4.68 Å². The number of aromatic nitrogens is 2. The van der Waals surface area contributed by atoms with Gasteiger partial charge in [-0.2, -0.15) is 0 Å². The normalized spacial score (nSPS) is 16.1. The smallest absolute Gasteiger partial charge is 0.408 e. The third-order valence-electron chi connectivity index (χ3n) is 4.49. The van der Waals surface area contributed by atoms with Gasteiger partial charge in [0.1, 0.15) is 6.04 Å². The molecule has 0 aliphatic carbocycles. The van der Waals surface area contributed by atoms with Gasteiger partial charge < -0.3 is 10.4 Å². The molecule has 0 bridgehead atoms. The van der Waals surface area contributed by atoms with Crippen LogP contribution >= 0.6 is 11.8 Å². The van der Waals surface area contributed by atoms with Crippen LogP contribution in [0, 0.1) is 0 Å².